The molecule has 160 valence electrons. The van der Waals surface area contributed by atoms with Gasteiger partial charge in [0.2, 0.25) is 0 Å². The summed E-state index contributed by atoms with van der Waals surface area (Å²) in [6.45, 7) is 4.22. The Morgan fingerprint density at radius 3 is 2.73 bits per heavy atom. The molecular formula is C26H36N4. The van der Waals surface area contributed by atoms with E-state index in [2.05, 4.69) is 56.7 Å². The third-order valence-corrected chi connectivity index (χ3v) is 6.39. The predicted octanol–water partition coefficient (Wildman–Crippen LogP) is 5.66. The fourth-order valence-corrected chi connectivity index (χ4v) is 4.72. The molecule has 1 aliphatic carbocycles. The summed E-state index contributed by atoms with van der Waals surface area (Å²) in [4.78, 5) is 10.3. The van der Waals surface area contributed by atoms with Crippen molar-refractivity contribution in [2.45, 2.75) is 70.5 Å². The number of unbranched alkanes of at least 4 members (excludes halogenated alkanes) is 2. The van der Waals surface area contributed by atoms with Crippen LogP contribution in [0, 0.1) is 0 Å². The number of hydrogen-bond acceptors (Lipinski definition) is 3. The predicted molar refractivity (Wildman–Crippen MR) is 125 cm³/mol. The molecule has 0 amide bonds. The summed E-state index contributed by atoms with van der Waals surface area (Å²) in [6.07, 6.45) is 16.9. The Kier molecular flexibility index (Phi) is 7.93. The van der Waals surface area contributed by atoms with Gasteiger partial charge in [-0.2, -0.15) is 0 Å². The van der Waals surface area contributed by atoms with E-state index in [-0.39, 0.29) is 0 Å². The smallest absolute Gasteiger partial charge is 0.0457 e. The van der Waals surface area contributed by atoms with E-state index in [4.69, 9.17) is 0 Å². The zero-order valence-electron chi connectivity index (χ0n) is 18.2. The highest BCUT2D eigenvalue weighted by atomic mass is 15.1. The van der Waals surface area contributed by atoms with Crippen LogP contribution in [0.1, 0.15) is 62.5 Å². The van der Waals surface area contributed by atoms with Crippen LogP contribution in [-0.2, 0) is 13.1 Å². The first-order chi connectivity index (χ1) is 14.9. The Morgan fingerprint density at radius 1 is 0.967 bits per heavy atom. The zero-order valence-corrected chi connectivity index (χ0v) is 18.2. The van der Waals surface area contributed by atoms with Gasteiger partial charge in [0.1, 0.15) is 0 Å². The molecule has 0 atom stereocenters. The SMILES string of the molecule is c1cncc(CN(CCCCCNC2CCCCC2)Cc2c[nH]c3ccccc23)c1. The molecule has 0 bridgehead atoms. The summed E-state index contributed by atoms with van der Waals surface area (Å²) >= 11 is 0. The summed E-state index contributed by atoms with van der Waals surface area (Å²) in [5, 5.41) is 5.12. The molecule has 0 spiro atoms. The fourth-order valence-electron chi connectivity index (χ4n) is 4.72. The number of H-pyrrole nitrogens is 1. The number of hydrogen-bond donors (Lipinski definition) is 2. The van der Waals surface area contributed by atoms with Crippen molar-refractivity contribution in [3.05, 3.63) is 66.1 Å². The molecule has 2 aromatic heterocycles. The van der Waals surface area contributed by atoms with E-state index in [0.29, 0.717) is 0 Å². The average molecular weight is 405 g/mol. The summed E-state index contributed by atoms with van der Waals surface area (Å²) in [5.41, 5.74) is 3.90. The second kappa shape index (κ2) is 11.3. The highest BCUT2D eigenvalue weighted by molar-refractivity contribution is 5.82. The molecule has 0 unspecified atom stereocenters. The lowest BCUT2D eigenvalue weighted by Crippen LogP contribution is -2.31. The van der Waals surface area contributed by atoms with Crippen LogP contribution in [0.5, 0.6) is 0 Å². The van der Waals surface area contributed by atoms with Gasteiger partial charge in [-0.3, -0.25) is 9.88 Å². The van der Waals surface area contributed by atoms with Crippen LogP contribution in [-0.4, -0.2) is 34.0 Å². The van der Waals surface area contributed by atoms with Crippen LogP contribution >= 0.6 is 0 Å². The monoisotopic (exact) mass is 404 g/mol. The van der Waals surface area contributed by atoms with Gasteiger partial charge in [0.15, 0.2) is 0 Å². The second-order valence-corrected chi connectivity index (χ2v) is 8.78. The third kappa shape index (κ3) is 6.16. The van der Waals surface area contributed by atoms with E-state index >= 15 is 0 Å². The lowest BCUT2D eigenvalue weighted by molar-refractivity contribution is 0.250. The molecular weight excluding hydrogens is 368 g/mol. The summed E-state index contributed by atoms with van der Waals surface area (Å²) < 4.78 is 0. The first-order valence-electron chi connectivity index (χ1n) is 11.8. The summed E-state index contributed by atoms with van der Waals surface area (Å²) in [5.74, 6) is 0. The van der Waals surface area contributed by atoms with Crippen molar-refractivity contribution in [3.63, 3.8) is 0 Å². The molecule has 2 heterocycles. The third-order valence-electron chi connectivity index (χ3n) is 6.39. The number of aromatic amines is 1. The van der Waals surface area contributed by atoms with Gasteiger partial charge >= 0.3 is 0 Å². The van der Waals surface area contributed by atoms with E-state index in [9.17, 15) is 0 Å². The number of fused-ring (bicyclic) bond motifs is 1. The van der Waals surface area contributed by atoms with Crippen LogP contribution in [0.4, 0.5) is 0 Å². The van der Waals surface area contributed by atoms with Gasteiger partial charge in [-0.05, 0) is 62.0 Å². The standard InChI is InChI=1S/C26H36N4/c1-3-11-24(12-4-1)28-16-7-2-8-17-30(20-22-10-9-15-27-18-22)21-23-19-29-26-14-6-5-13-25(23)26/h5-6,9-10,13-15,18-19,24,28-29H,1-4,7-8,11-12,16-17,20-21H2. The Morgan fingerprint density at radius 2 is 1.87 bits per heavy atom. The molecule has 0 saturated heterocycles. The Balaban J connectivity index is 1.28. The number of para-hydroxylation sites is 1. The normalized spacial score (nSPS) is 15.2. The van der Waals surface area contributed by atoms with Crippen LogP contribution in [0.25, 0.3) is 10.9 Å². The van der Waals surface area contributed by atoms with Crippen molar-refractivity contribution in [2.24, 2.45) is 0 Å². The molecule has 4 nitrogen and oxygen atoms in total. The zero-order chi connectivity index (χ0) is 20.4. The molecule has 2 N–H and O–H groups in total. The Labute approximate surface area is 181 Å². The molecule has 0 radical (unpaired) electrons. The number of benzene rings is 1. The van der Waals surface area contributed by atoms with Gasteiger partial charge in [0, 0.05) is 48.6 Å². The fraction of sp³-hybridized carbons (Fsp3) is 0.500. The van der Waals surface area contributed by atoms with Crippen LogP contribution in [0.2, 0.25) is 0 Å². The second-order valence-electron chi connectivity index (χ2n) is 8.78. The number of pyridine rings is 1. The Bertz CT molecular complexity index is 867. The Hall–Kier alpha value is -2.17. The maximum atomic E-state index is 4.31. The van der Waals surface area contributed by atoms with Crippen LogP contribution in [0.3, 0.4) is 0 Å². The average Bonchev–Trinajstić information content (AvgIpc) is 3.20. The minimum atomic E-state index is 0.780. The number of aromatic nitrogens is 2. The maximum Gasteiger partial charge on any atom is 0.0457 e. The molecule has 4 rings (SSSR count). The van der Waals surface area contributed by atoms with E-state index in [0.717, 1.165) is 25.7 Å². The van der Waals surface area contributed by atoms with Gasteiger partial charge in [-0.1, -0.05) is 49.9 Å². The van der Waals surface area contributed by atoms with E-state index in [1.807, 2.05) is 18.5 Å². The molecule has 0 aliphatic heterocycles. The first-order valence-corrected chi connectivity index (χ1v) is 11.8. The number of nitrogens with zero attached hydrogens (tertiary/aromatic N) is 2. The minimum Gasteiger partial charge on any atom is -0.361 e. The molecule has 30 heavy (non-hydrogen) atoms. The quantitative estimate of drug-likeness (QED) is 0.405. The highest BCUT2D eigenvalue weighted by Gasteiger charge is 2.13. The number of rotatable bonds is 11. The van der Waals surface area contributed by atoms with Crippen molar-refractivity contribution < 1.29 is 0 Å². The minimum absolute atomic E-state index is 0.780. The van der Waals surface area contributed by atoms with Crippen LogP contribution < -0.4 is 5.32 Å². The summed E-state index contributed by atoms with van der Waals surface area (Å²) in [7, 11) is 0. The molecule has 3 aromatic rings. The van der Waals surface area contributed by atoms with Crippen LogP contribution in [0.15, 0.2) is 55.0 Å². The van der Waals surface area contributed by atoms with E-state index in [1.54, 1.807) is 0 Å². The summed E-state index contributed by atoms with van der Waals surface area (Å²) in [6, 6.07) is 13.6. The van der Waals surface area contributed by atoms with Crippen molar-refractivity contribution >= 4 is 10.9 Å². The van der Waals surface area contributed by atoms with Crippen molar-refractivity contribution in [1.29, 1.82) is 0 Å². The molecule has 1 saturated carbocycles. The van der Waals surface area contributed by atoms with Gasteiger partial charge in [0.05, 0.1) is 0 Å². The van der Waals surface area contributed by atoms with Gasteiger partial charge in [0.25, 0.3) is 0 Å². The number of nitrogens with one attached hydrogen (secondary N) is 2. The van der Waals surface area contributed by atoms with Gasteiger partial charge in [-0.25, -0.2) is 0 Å². The van der Waals surface area contributed by atoms with Crippen molar-refractivity contribution in [2.75, 3.05) is 13.1 Å². The van der Waals surface area contributed by atoms with Crippen molar-refractivity contribution in [3.8, 4) is 0 Å². The topological polar surface area (TPSA) is 44.0 Å². The van der Waals surface area contributed by atoms with E-state index in [1.165, 1.54) is 79.9 Å². The molecule has 1 aromatic carbocycles. The lowest BCUT2D eigenvalue weighted by Gasteiger charge is -2.23. The molecule has 4 heteroatoms. The largest absolute Gasteiger partial charge is 0.361 e. The molecule has 1 fully saturated rings. The maximum absolute atomic E-state index is 4.31. The lowest BCUT2D eigenvalue weighted by atomic mass is 9.95. The van der Waals surface area contributed by atoms with Crippen molar-refractivity contribution in [1.82, 2.24) is 20.2 Å². The van der Waals surface area contributed by atoms with E-state index < -0.39 is 0 Å². The first kappa shape index (κ1) is 21.1. The highest BCUT2D eigenvalue weighted by Crippen LogP contribution is 2.21. The molecule has 1 aliphatic rings. The van der Waals surface area contributed by atoms with Gasteiger partial charge in [-0.15, -0.1) is 0 Å². The van der Waals surface area contributed by atoms with Gasteiger partial charge < -0.3 is 10.3 Å².